The normalized spacial score (nSPS) is 25.5. The van der Waals surface area contributed by atoms with E-state index in [-0.39, 0.29) is 12.1 Å². The Morgan fingerprint density at radius 3 is 2.73 bits per heavy atom. The van der Waals surface area contributed by atoms with E-state index >= 15 is 0 Å². The summed E-state index contributed by atoms with van der Waals surface area (Å²) < 4.78 is 5.36. The van der Waals surface area contributed by atoms with Crippen molar-refractivity contribution >= 4 is 11.8 Å². The zero-order valence-corrected chi connectivity index (χ0v) is 13.9. The number of amides is 1. The van der Waals surface area contributed by atoms with E-state index in [0.717, 1.165) is 30.5 Å². The molecule has 122 valence electrons. The molecule has 5 nitrogen and oxygen atoms in total. The van der Waals surface area contributed by atoms with E-state index < -0.39 is 5.60 Å². The standard InChI is InChI=1S/C17H27N3O2/c1-11-7-12(14-5-6-19-10-15(14)18)9-13(8-11)20-16(21)22-17(2,3)4/h5-6,10-13H,7-9,18H2,1-4H3,(H,20,21)/t11-,12?,13-/m0/s1. The molecule has 3 atom stereocenters. The van der Waals surface area contributed by atoms with E-state index in [4.69, 9.17) is 10.5 Å². The van der Waals surface area contributed by atoms with Crippen LogP contribution in [0.25, 0.3) is 0 Å². The Morgan fingerprint density at radius 2 is 2.09 bits per heavy atom. The van der Waals surface area contributed by atoms with Gasteiger partial charge in [-0.1, -0.05) is 6.92 Å². The summed E-state index contributed by atoms with van der Waals surface area (Å²) in [6.07, 6.45) is 6.08. The van der Waals surface area contributed by atoms with Crippen LogP contribution < -0.4 is 11.1 Å². The van der Waals surface area contributed by atoms with E-state index in [1.54, 1.807) is 12.4 Å². The van der Waals surface area contributed by atoms with Crippen LogP contribution in [0.2, 0.25) is 0 Å². The number of hydrogen-bond acceptors (Lipinski definition) is 4. The molecule has 22 heavy (non-hydrogen) atoms. The van der Waals surface area contributed by atoms with Crippen LogP contribution in [-0.4, -0.2) is 22.7 Å². The number of carbonyl (C=O) groups is 1. The van der Waals surface area contributed by atoms with Crippen LogP contribution >= 0.6 is 0 Å². The Labute approximate surface area is 132 Å². The number of nitrogens with one attached hydrogen (secondary N) is 1. The second-order valence-electron chi connectivity index (χ2n) is 7.36. The molecule has 1 aliphatic rings. The lowest BCUT2D eigenvalue weighted by Crippen LogP contribution is -2.42. The van der Waals surface area contributed by atoms with Gasteiger partial charge >= 0.3 is 6.09 Å². The van der Waals surface area contributed by atoms with Crippen molar-refractivity contribution in [3.05, 3.63) is 24.0 Å². The Hall–Kier alpha value is -1.78. The Morgan fingerprint density at radius 1 is 1.36 bits per heavy atom. The van der Waals surface area contributed by atoms with Crippen LogP contribution in [0.5, 0.6) is 0 Å². The predicted octanol–water partition coefficient (Wildman–Crippen LogP) is 3.46. The van der Waals surface area contributed by atoms with Gasteiger partial charge in [-0.15, -0.1) is 0 Å². The summed E-state index contributed by atoms with van der Waals surface area (Å²) in [6.45, 7) is 7.83. The smallest absolute Gasteiger partial charge is 0.407 e. The van der Waals surface area contributed by atoms with Gasteiger partial charge in [-0.05, 0) is 63.5 Å². The summed E-state index contributed by atoms with van der Waals surface area (Å²) >= 11 is 0. The third-order valence-electron chi connectivity index (χ3n) is 3.99. The maximum atomic E-state index is 12.0. The highest BCUT2D eigenvalue weighted by atomic mass is 16.6. The van der Waals surface area contributed by atoms with Crippen LogP contribution in [0, 0.1) is 5.92 Å². The minimum Gasteiger partial charge on any atom is -0.444 e. The number of carbonyl (C=O) groups excluding carboxylic acids is 1. The molecule has 1 aromatic heterocycles. The zero-order chi connectivity index (χ0) is 16.3. The average Bonchev–Trinajstić information content (AvgIpc) is 2.35. The monoisotopic (exact) mass is 305 g/mol. The molecular formula is C17H27N3O2. The number of nitrogens with two attached hydrogens (primary N) is 1. The van der Waals surface area contributed by atoms with Crippen molar-refractivity contribution in [2.75, 3.05) is 5.73 Å². The summed E-state index contributed by atoms with van der Waals surface area (Å²) in [6, 6.07) is 2.11. The highest BCUT2D eigenvalue weighted by molar-refractivity contribution is 5.68. The number of alkyl carbamates (subject to hydrolysis) is 1. The Kier molecular flexibility index (Phi) is 4.94. The summed E-state index contributed by atoms with van der Waals surface area (Å²) in [7, 11) is 0. The van der Waals surface area contributed by atoms with Gasteiger partial charge in [0, 0.05) is 12.2 Å². The molecule has 1 unspecified atom stereocenters. The van der Waals surface area contributed by atoms with Gasteiger partial charge in [-0.25, -0.2) is 4.79 Å². The minimum atomic E-state index is -0.473. The third kappa shape index (κ3) is 4.61. The number of anilines is 1. The molecule has 5 heteroatoms. The van der Waals surface area contributed by atoms with Crippen LogP contribution in [0.3, 0.4) is 0 Å². The Bertz CT molecular complexity index is 525. The lowest BCUT2D eigenvalue weighted by molar-refractivity contribution is 0.0482. The largest absolute Gasteiger partial charge is 0.444 e. The molecule has 0 radical (unpaired) electrons. The molecule has 0 aliphatic heterocycles. The summed E-state index contributed by atoms with van der Waals surface area (Å²) in [5, 5.41) is 3.01. The SMILES string of the molecule is C[C@H]1CC(c2ccncc2N)C[C@@H](NC(=O)OC(C)(C)C)C1. The molecule has 0 bridgehead atoms. The van der Waals surface area contributed by atoms with Gasteiger partial charge in [-0.3, -0.25) is 4.98 Å². The first kappa shape index (κ1) is 16.6. The van der Waals surface area contributed by atoms with Crippen molar-refractivity contribution in [3.8, 4) is 0 Å². The first-order valence-electron chi connectivity index (χ1n) is 7.93. The highest BCUT2D eigenvalue weighted by Crippen LogP contribution is 2.38. The zero-order valence-electron chi connectivity index (χ0n) is 13.9. The first-order valence-corrected chi connectivity index (χ1v) is 7.93. The maximum absolute atomic E-state index is 12.0. The number of hydrogen-bond donors (Lipinski definition) is 2. The Balaban J connectivity index is 2.02. The second kappa shape index (κ2) is 6.55. The van der Waals surface area contributed by atoms with E-state index in [1.165, 1.54) is 0 Å². The summed E-state index contributed by atoms with van der Waals surface area (Å²) in [5.74, 6) is 0.887. The number of nitrogen functional groups attached to an aromatic ring is 1. The number of aromatic nitrogens is 1. The van der Waals surface area contributed by atoms with Gasteiger partial charge in [0.1, 0.15) is 5.60 Å². The molecule has 1 heterocycles. The van der Waals surface area contributed by atoms with Gasteiger partial charge in [0.25, 0.3) is 0 Å². The fraction of sp³-hybridized carbons (Fsp3) is 0.647. The maximum Gasteiger partial charge on any atom is 0.407 e. The van der Waals surface area contributed by atoms with Crippen molar-refractivity contribution in [3.63, 3.8) is 0 Å². The van der Waals surface area contributed by atoms with Crippen molar-refractivity contribution in [1.29, 1.82) is 0 Å². The molecule has 0 saturated heterocycles. The topological polar surface area (TPSA) is 77.2 Å². The fourth-order valence-corrected chi connectivity index (χ4v) is 3.24. The molecule has 3 N–H and O–H groups in total. The van der Waals surface area contributed by atoms with Crippen LogP contribution in [0.4, 0.5) is 10.5 Å². The van der Waals surface area contributed by atoms with Gasteiger partial charge in [0.2, 0.25) is 0 Å². The van der Waals surface area contributed by atoms with E-state index in [0.29, 0.717) is 11.8 Å². The van der Waals surface area contributed by atoms with Crippen molar-refractivity contribution < 1.29 is 9.53 Å². The second-order valence-corrected chi connectivity index (χ2v) is 7.36. The average molecular weight is 305 g/mol. The lowest BCUT2D eigenvalue weighted by Gasteiger charge is -2.34. The molecule has 1 saturated carbocycles. The molecule has 0 aromatic carbocycles. The quantitative estimate of drug-likeness (QED) is 0.877. The molecule has 1 aliphatic carbocycles. The number of pyridine rings is 1. The minimum absolute atomic E-state index is 0.121. The molecule has 0 spiro atoms. The van der Waals surface area contributed by atoms with Gasteiger partial charge < -0.3 is 15.8 Å². The summed E-state index contributed by atoms with van der Waals surface area (Å²) in [5.41, 5.74) is 7.45. The predicted molar refractivity (Wildman–Crippen MR) is 87.6 cm³/mol. The lowest BCUT2D eigenvalue weighted by atomic mass is 9.76. The van der Waals surface area contributed by atoms with Crippen LogP contribution in [0.1, 0.15) is 58.4 Å². The van der Waals surface area contributed by atoms with Gasteiger partial charge in [0.05, 0.1) is 11.9 Å². The first-order chi connectivity index (χ1) is 10.2. The molecule has 1 amide bonds. The van der Waals surface area contributed by atoms with E-state index in [2.05, 4.69) is 17.2 Å². The van der Waals surface area contributed by atoms with Gasteiger partial charge in [0.15, 0.2) is 0 Å². The molecular weight excluding hydrogens is 278 g/mol. The number of nitrogens with zero attached hydrogens (tertiary/aromatic N) is 1. The van der Waals surface area contributed by atoms with Crippen molar-refractivity contribution in [2.45, 2.75) is 64.5 Å². The van der Waals surface area contributed by atoms with Gasteiger partial charge in [-0.2, -0.15) is 0 Å². The van der Waals surface area contributed by atoms with Crippen molar-refractivity contribution in [2.24, 2.45) is 5.92 Å². The van der Waals surface area contributed by atoms with Crippen LogP contribution in [-0.2, 0) is 4.74 Å². The highest BCUT2D eigenvalue weighted by Gasteiger charge is 2.30. The van der Waals surface area contributed by atoms with Crippen molar-refractivity contribution in [1.82, 2.24) is 10.3 Å². The summed E-state index contributed by atoms with van der Waals surface area (Å²) in [4.78, 5) is 16.0. The fourth-order valence-electron chi connectivity index (χ4n) is 3.24. The molecule has 1 fully saturated rings. The number of ether oxygens (including phenoxy) is 1. The van der Waals surface area contributed by atoms with Crippen LogP contribution in [0.15, 0.2) is 18.5 Å². The van der Waals surface area contributed by atoms with E-state index in [9.17, 15) is 4.79 Å². The number of rotatable bonds is 2. The third-order valence-corrected chi connectivity index (χ3v) is 3.99. The molecule has 1 aromatic rings. The molecule has 2 rings (SSSR count). The van der Waals surface area contributed by atoms with E-state index in [1.807, 2.05) is 26.8 Å².